The Morgan fingerprint density at radius 3 is 2.00 bits per heavy atom. The van der Waals surface area contributed by atoms with Crippen LogP contribution in [0.15, 0.2) is 12.4 Å². The monoisotopic (exact) mass is 130 g/mol. The molecular weight excluding hydrogens is 125 g/mol. The summed E-state index contributed by atoms with van der Waals surface area (Å²) >= 11 is 0.0278. The van der Waals surface area contributed by atoms with Crippen LogP contribution in [0.5, 0.6) is 0 Å². The summed E-state index contributed by atoms with van der Waals surface area (Å²) in [6, 6.07) is 0. The first-order chi connectivity index (χ1) is 2.50. The summed E-state index contributed by atoms with van der Waals surface area (Å²) in [5.41, 5.74) is 0. The van der Waals surface area contributed by atoms with Gasteiger partial charge in [-0.3, -0.25) is 0 Å². The van der Waals surface area contributed by atoms with Crippen molar-refractivity contribution in [1.82, 2.24) is 8.55 Å². The van der Waals surface area contributed by atoms with Crippen molar-refractivity contribution in [1.29, 1.82) is 0 Å². The summed E-state index contributed by atoms with van der Waals surface area (Å²) < 4.78 is 6.11. The molecule has 0 saturated carbocycles. The molecule has 0 saturated heterocycles. The van der Waals surface area contributed by atoms with E-state index < -0.39 is 0 Å². The first-order valence-electron chi connectivity index (χ1n) is 1.41. The van der Waals surface area contributed by atoms with Crippen LogP contribution in [0.1, 0.15) is 0 Å². The van der Waals surface area contributed by atoms with Crippen molar-refractivity contribution < 1.29 is 0 Å². The summed E-state index contributed by atoms with van der Waals surface area (Å²) in [4.78, 5) is 0. The summed E-state index contributed by atoms with van der Waals surface area (Å²) in [6.07, 6.45) is 3.86. The number of hydrogen-bond acceptors (Lipinski definition) is 2. The fraction of sp³-hybridized carbons (Fsp3) is 0. The van der Waals surface area contributed by atoms with E-state index in [9.17, 15) is 0 Å². The molecule has 0 atom stereocenters. The average molecular weight is 129 g/mol. The topological polar surface area (TPSA) is 24.1 Å². The first-order valence-corrected chi connectivity index (χ1v) is 3.51. The molecule has 2 nitrogen and oxygen atoms in total. The van der Waals surface area contributed by atoms with Crippen molar-refractivity contribution in [2.75, 3.05) is 0 Å². The van der Waals surface area contributed by atoms with Gasteiger partial charge >= 0.3 is 36.8 Å². The van der Waals surface area contributed by atoms with Gasteiger partial charge in [0.25, 0.3) is 0 Å². The molecular formula is C2H4GeN2. The molecule has 0 aromatic carbocycles. The van der Waals surface area contributed by atoms with Gasteiger partial charge in [-0.25, -0.2) is 0 Å². The van der Waals surface area contributed by atoms with Crippen molar-refractivity contribution in [3.63, 3.8) is 0 Å². The summed E-state index contributed by atoms with van der Waals surface area (Å²) in [5, 5.41) is 0. The summed E-state index contributed by atoms with van der Waals surface area (Å²) in [7, 11) is 0. The van der Waals surface area contributed by atoms with E-state index in [-0.39, 0.29) is 15.9 Å². The standard InChI is InChI=1S/C2H4GeN2/c1-2-5-3-4-1/h1-2,4-5H. The van der Waals surface area contributed by atoms with Gasteiger partial charge in [0, 0.05) is 0 Å². The quantitative estimate of drug-likeness (QED) is 0.417. The van der Waals surface area contributed by atoms with Crippen molar-refractivity contribution >= 4 is 15.9 Å². The fourth-order valence-electron chi connectivity index (χ4n) is 0.208. The van der Waals surface area contributed by atoms with Crippen LogP contribution >= 0.6 is 0 Å². The molecule has 1 aliphatic rings. The van der Waals surface area contributed by atoms with Crippen molar-refractivity contribution in [2.24, 2.45) is 0 Å². The number of hydrogen-bond donors (Lipinski definition) is 2. The fourth-order valence-corrected chi connectivity index (χ4v) is 1.08. The molecule has 5 heavy (non-hydrogen) atoms. The zero-order valence-corrected chi connectivity index (χ0v) is 4.75. The minimum absolute atomic E-state index is 0.0278. The molecule has 0 aromatic heterocycles. The van der Waals surface area contributed by atoms with Crippen LogP contribution in [-0.4, -0.2) is 15.9 Å². The number of nitrogens with one attached hydrogen (secondary N) is 2. The molecule has 3 heteroatoms. The predicted molar refractivity (Wildman–Crippen MR) is 21.2 cm³/mol. The van der Waals surface area contributed by atoms with Gasteiger partial charge in [-0.2, -0.15) is 0 Å². The Kier molecular flexibility index (Phi) is 0.836. The van der Waals surface area contributed by atoms with Crippen LogP contribution in [-0.2, 0) is 0 Å². The molecule has 0 spiro atoms. The van der Waals surface area contributed by atoms with E-state index in [1.807, 2.05) is 12.4 Å². The van der Waals surface area contributed by atoms with Crippen molar-refractivity contribution in [3.05, 3.63) is 12.4 Å². The minimum atomic E-state index is 0.0278. The zero-order valence-electron chi connectivity index (χ0n) is 2.65. The van der Waals surface area contributed by atoms with Crippen LogP contribution in [0.4, 0.5) is 0 Å². The third-order valence-corrected chi connectivity index (χ3v) is 1.70. The Morgan fingerprint density at radius 1 is 1.20 bits per heavy atom. The van der Waals surface area contributed by atoms with Crippen LogP contribution in [0, 0.1) is 0 Å². The van der Waals surface area contributed by atoms with Crippen LogP contribution in [0.2, 0.25) is 0 Å². The number of rotatable bonds is 0. The second kappa shape index (κ2) is 1.35. The Morgan fingerprint density at radius 2 is 1.80 bits per heavy atom. The van der Waals surface area contributed by atoms with Crippen molar-refractivity contribution in [2.45, 2.75) is 0 Å². The zero-order chi connectivity index (χ0) is 3.54. The molecule has 0 aromatic rings. The average Bonchev–Trinajstić information content (AvgIpc) is 1.76. The van der Waals surface area contributed by atoms with Crippen LogP contribution < -0.4 is 8.55 Å². The molecule has 0 amide bonds. The van der Waals surface area contributed by atoms with E-state index in [0.717, 1.165) is 0 Å². The maximum absolute atomic E-state index is 3.06. The van der Waals surface area contributed by atoms with E-state index in [1.54, 1.807) is 0 Å². The van der Waals surface area contributed by atoms with Gasteiger partial charge in [0.15, 0.2) is 0 Å². The first kappa shape index (κ1) is 3.09. The van der Waals surface area contributed by atoms with Gasteiger partial charge in [0.05, 0.1) is 0 Å². The molecule has 0 aliphatic carbocycles. The summed E-state index contributed by atoms with van der Waals surface area (Å²) in [5.74, 6) is 0. The third kappa shape index (κ3) is 0.577. The van der Waals surface area contributed by atoms with E-state index in [2.05, 4.69) is 8.55 Å². The molecule has 1 aliphatic heterocycles. The Hall–Kier alpha value is -0.117. The maximum atomic E-state index is 3.06. The predicted octanol–water partition coefficient (Wildman–Crippen LogP) is -0.815. The van der Waals surface area contributed by atoms with E-state index >= 15 is 0 Å². The van der Waals surface area contributed by atoms with Crippen molar-refractivity contribution in [3.8, 4) is 0 Å². The SMILES string of the molecule is C1=C[NH][Ge][NH]1. The van der Waals surface area contributed by atoms with Gasteiger partial charge in [0.2, 0.25) is 0 Å². The van der Waals surface area contributed by atoms with Gasteiger partial charge in [-0.05, 0) is 0 Å². The molecule has 0 unspecified atom stereocenters. The second-order valence-corrected chi connectivity index (χ2v) is 2.48. The molecule has 0 fully saturated rings. The van der Waals surface area contributed by atoms with E-state index in [4.69, 9.17) is 0 Å². The van der Waals surface area contributed by atoms with E-state index in [1.165, 1.54) is 0 Å². The third-order valence-electron chi connectivity index (χ3n) is 0.394. The summed E-state index contributed by atoms with van der Waals surface area (Å²) in [6.45, 7) is 0. The van der Waals surface area contributed by atoms with Crippen LogP contribution in [0.25, 0.3) is 0 Å². The molecule has 2 N–H and O–H groups in total. The van der Waals surface area contributed by atoms with Gasteiger partial charge in [0.1, 0.15) is 0 Å². The Labute approximate surface area is 37.6 Å². The van der Waals surface area contributed by atoms with Crippen LogP contribution in [0.3, 0.4) is 0 Å². The molecule has 1 rings (SSSR count). The molecule has 0 bridgehead atoms. The normalized spacial score (nSPS) is 17.6. The molecule has 26 valence electrons. The second-order valence-electron chi connectivity index (χ2n) is 0.747. The van der Waals surface area contributed by atoms with E-state index in [0.29, 0.717) is 0 Å². The van der Waals surface area contributed by atoms with Gasteiger partial charge in [-0.15, -0.1) is 0 Å². The Balaban J connectivity index is 2.32. The Bertz CT molecular complexity index is 45.6. The van der Waals surface area contributed by atoms with Gasteiger partial charge < -0.3 is 0 Å². The molecule has 2 radical (unpaired) electrons. The molecule has 1 heterocycles. The van der Waals surface area contributed by atoms with Gasteiger partial charge in [-0.1, -0.05) is 0 Å².